The highest BCUT2D eigenvalue weighted by Gasteiger charge is 2.19. The molecule has 120 valence electrons. The maximum absolute atomic E-state index is 11.9. The molecular formula is C14H18Cl2N4O2. The molecule has 2 rings (SSSR count). The van der Waals surface area contributed by atoms with Crippen molar-refractivity contribution in [2.45, 2.75) is 32.9 Å². The molecule has 0 spiro atoms. The molecule has 22 heavy (non-hydrogen) atoms. The van der Waals surface area contributed by atoms with Gasteiger partial charge >= 0.3 is 6.09 Å². The van der Waals surface area contributed by atoms with Gasteiger partial charge in [-0.05, 0) is 26.8 Å². The molecule has 0 aliphatic heterocycles. The van der Waals surface area contributed by atoms with Gasteiger partial charge in [0, 0.05) is 20.1 Å². The number of halogens is 2. The van der Waals surface area contributed by atoms with Gasteiger partial charge in [0.15, 0.2) is 5.65 Å². The van der Waals surface area contributed by atoms with Crippen molar-refractivity contribution in [2.24, 2.45) is 0 Å². The number of likely N-dealkylation sites (N-methyl/N-ethyl adjacent to an activating group) is 1. The third kappa shape index (κ3) is 4.01. The molecule has 2 heterocycles. The standard InChI is InChI=1S/C14H18Cl2N4O2/c1-14(2,3)22-13(21)19(4)5-6-20-8-17-11-9(15)7-10(16)18-12(11)20/h7-8H,5-6H2,1-4H3. The molecule has 0 fully saturated rings. The number of carbonyl (C=O) groups is 1. The SMILES string of the molecule is CN(CCn1cnc2c(Cl)cc(Cl)nc21)C(=O)OC(C)(C)C. The van der Waals surface area contributed by atoms with E-state index in [0.717, 1.165) is 0 Å². The summed E-state index contributed by atoms with van der Waals surface area (Å²) < 4.78 is 7.10. The summed E-state index contributed by atoms with van der Waals surface area (Å²) in [6.07, 6.45) is 1.25. The second-order valence-electron chi connectivity index (χ2n) is 5.94. The number of ether oxygens (including phenoxy) is 1. The molecule has 2 aromatic heterocycles. The minimum Gasteiger partial charge on any atom is -0.444 e. The van der Waals surface area contributed by atoms with Gasteiger partial charge in [-0.25, -0.2) is 14.8 Å². The minimum atomic E-state index is -0.518. The van der Waals surface area contributed by atoms with Gasteiger partial charge in [-0.15, -0.1) is 0 Å². The van der Waals surface area contributed by atoms with Crippen LogP contribution in [-0.2, 0) is 11.3 Å². The van der Waals surface area contributed by atoms with E-state index < -0.39 is 5.60 Å². The van der Waals surface area contributed by atoms with E-state index in [9.17, 15) is 4.79 Å². The Morgan fingerprint density at radius 3 is 2.73 bits per heavy atom. The third-order valence-corrected chi connectivity index (χ3v) is 3.36. The van der Waals surface area contributed by atoms with Gasteiger partial charge in [0.25, 0.3) is 0 Å². The first-order valence-electron chi connectivity index (χ1n) is 6.78. The van der Waals surface area contributed by atoms with Crippen LogP contribution in [0.5, 0.6) is 0 Å². The second-order valence-corrected chi connectivity index (χ2v) is 6.73. The first kappa shape index (κ1) is 16.8. The Morgan fingerprint density at radius 1 is 1.41 bits per heavy atom. The number of imidazole rings is 1. The van der Waals surface area contributed by atoms with E-state index in [4.69, 9.17) is 27.9 Å². The van der Waals surface area contributed by atoms with Crippen LogP contribution in [0.1, 0.15) is 20.8 Å². The number of carbonyl (C=O) groups excluding carboxylic acids is 1. The Kier molecular flexibility index (Phi) is 4.82. The Bertz CT molecular complexity index is 694. The molecule has 6 nitrogen and oxygen atoms in total. The van der Waals surface area contributed by atoms with Crippen LogP contribution in [0.4, 0.5) is 4.79 Å². The van der Waals surface area contributed by atoms with Crippen molar-refractivity contribution in [3.63, 3.8) is 0 Å². The van der Waals surface area contributed by atoms with Crippen LogP contribution in [0.15, 0.2) is 12.4 Å². The molecule has 0 radical (unpaired) electrons. The molecule has 0 bridgehead atoms. The molecule has 0 N–H and O–H groups in total. The normalized spacial score (nSPS) is 11.7. The number of fused-ring (bicyclic) bond motifs is 1. The largest absolute Gasteiger partial charge is 0.444 e. The number of rotatable bonds is 3. The fourth-order valence-electron chi connectivity index (χ4n) is 1.82. The van der Waals surface area contributed by atoms with Gasteiger partial charge in [-0.2, -0.15) is 0 Å². The lowest BCUT2D eigenvalue weighted by atomic mass is 10.2. The quantitative estimate of drug-likeness (QED) is 0.798. The van der Waals surface area contributed by atoms with Crippen molar-refractivity contribution in [1.29, 1.82) is 0 Å². The summed E-state index contributed by atoms with van der Waals surface area (Å²) in [6.45, 7) is 6.45. The van der Waals surface area contributed by atoms with Crippen LogP contribution < -0.4 is 0 Å². The van der Waals surface area contributed by atoms with E-state index in [2.05, 4.69) is 9.97 Å². The summed E-state index contributed by atoms with van der Waals surface area (Å²) in [7, 11) is 1.68. The molecule has 0 aliphatic carbocycles. The Balaban J connectivity index is 2.07. The van der Waals surface area contributed by atoms with E-state index in [1.807, 2.05) is 20.8 Å². The molecule has 0 aliphatic rings. The van der Waals surface area contributed by atoms with E-state index in [1.165, 1.54) is 4.90 Å². The fourth-order valence-corrected chi connectivity index (χ4v) is 2.30. The fraction of sp³-hybridized carbons (Fsp3) is 0.500. The third-order valence-electron chi connectivity index (χ3n) is 2.88. The van der Waals surface area contributed by atoms with Crippen LogP contribution >= 0.6 is 23.2 Å². The predicted molar refractivity (Wildman–Crippen MR) is 86.4 cm³/mol. The molecule has 0 aromatic carbocycles. The minimum absolute atomic E-state index is 0.305. The van der Waals surface area contributed by atoms with Gasteiger partial charge in [0.05, 0.1) is 11.3 Å². The van der Waals surface area contributed by atoms with Crippen LogP contribution in [0.2, 0.25) is 10.2 Å². The van der Waals surface area contributed by atoms with E-state index in [-0.39, 0.29) is 6.09 Å². The Morgan fingerprint density at radius 2 is 2.09 bits per heavy atom. The van der Waals surface area contributed by atoms with E-state index >= 15 is 0 Å². The van der Waals surface area contributed by atoms with Crippen molar-refractivity contribution < 1.29 is 9.53 Å². The first-order valence-corrected chi connectivity index (χ1v) is 7.54. The Labute approximate surface area is 139 Å². The number of hydrogen-bond acceptors (Lipinski definition) is 4. The maximum atomic E-state index is 11.9. The molecule has 0 atom stereocenters. The number of nitrogens with zero attached hydrogens (tertiary/aromatic N) is 4. The molecule has 8 heteroatoms. The molecule has 0 unspecified atom stereocenters. The highest BCUT2D eigenvalue weighted by molar-refractivity contribution is 6.37. The Hall–Kier alpha value is -1.53. The summed E-state index contributed by atoms with van der Waals surface area (Å²) in [6, 6.07) is 1.55. The smallest absolute Gasteiger partial charge is 0.410 e. The van der Waals surface area contributed by atoms with Gasteiger partial charge in [-0.3, -0.25) is 0 Å². The topological polar surface area (TPSA) is 60.2 Å². The van der Waals surface area contributed by atoms with Crippen LogP contribution in [0, 0.1) is 0 Å². The average molecular weight is 345 g/mol. The summed E-state index contributed by atoms with van der Waals surface area (Å²) in [5.41, 5.74) is 0.663. The van der Waals surface area contributed by atoms with Crippen LogP contribution in [-0.4, -0.2) is 44.7 Å². The zero-order chi connectivity index (χ0) is 16.5. The lowest BCUT2D eigenvalue weighted by Crippen LogP contribution is -2.35. The number of pyridine rings is 1. The highest BCUT2D eigenvalue weighted by Crippen LogP contribution is 2.23. The first-order chi connectivity index (χ1) is 10.2. The van der Waals surface area contributed by atoms with Crippen molar-refractivity contribution in [1.82, 2.24) is 19.4 Å². The van der Waals surface area contributed by atoms with Gasteiger partial charge < -0.3 is 14.2 Å². The van der Waals surface area contributed by atoms with E-state index in [1.54, 1.807) is 24.0 Å². The van der Waals surface area contributed by atoms with Crippen molar-refractivity contribution in [3.8, 4) is 0 Å². The molecular weight excluding hydrogens is 327 g/mol. The summed E-state index contributed by atoms with van der Waals surface area (Å²) in [5, 5.41) is 0.758. The second kappa shape index (κ2) is 6.30. The zero-order valence-electron chi connectivity index (χ0n) is 12.9. The van der Waals surface area contributed by atoms with Crippen molar-refractivity contribution in [3.05, 3.63) is 22.6 Å². The predicted octanol–water partition coefficient (Wildman–Crippen LogP) is 3.61. The van der Waals surface area contributed by atoms with Crippen LogP contribution in [0.25, 0.3) is 11.2 Å². The maximum Gasteiger partial charge on any atom is 0.410 e. The lowest BCUT2D eigenvalue weighted by molar-refractivity contribution is 0.0294. The van der Waals surface area contributed by atoms with Gasteiger partial charge in [0.1, 0.15) is 16.3 Å². The van der Waals surface area contributed by atoms with Gasteiger partial charge in [-0.1, -0.05) is 23.2 Å². The monoisotopic (exact) mass is 344 g/mol. The molecule has 0 saturated heterocycles. The zero-order valence-corrected chi connectivity index (χ0v) is 14.4. The van der Waals surface area contributed by atoms with Crippen molar-refractivity contribution in [2.75, 3.05) is 13.6 Å². The summed E-state index contributed by atoms with van der Waals surface area (Å²) >= 11 is 12.0. The highest BCUT2D eigenvalue weighted by atomic mass is 35.5. The van der Waals surface area contributed by atoms with Gasteiger partial charge in [0.2, 0.25) is 0 Å². The number of hydrogen-bond donors (Lipinski definition) is 0. The lowest BCUT2D eigenvalue weighted by Gasteiger charge is -2.24. The average Bonchev–Trinajstić information content (AvgIpc) is 2.77. The van der Waals surface area contributed by atoms with E-state index in [0.29, 0.717) is 34.4 Å². The molecule has 1 amide bonds. The summed E-state index contributed by atoms with van der Waals surface area (Å²) in [5.74, 6) is 0. The summed E-state index contributed by atoms with van der Waals surface area (Å²) in [4.78, 5) is 21.9. The van der Waals surface area contributed by atoms with Crippen LogP contribution in [0.3, 0.4) is 0 Å². The number of aromatic nitrogens is 3. The molecule has 2 aromatic rings. The van der Waals surface area contributed by atoms with Crippen molar-refractivity contribution >= 4 is 40.5 Å². The number of amides is 1. The molecule has 0 saturated carbocycles.